The number of carbonyl (C=O) groups excluding carboxylic acids is 2. The Morgan fingerprint density at radius 2 is 1.77 bits per heavy atom. The van der Waals surface area contributed by atoms with E-state index in [1.165, 1.54) is 6.07 Å². The molecule has 0 fully saturated rings. The van der Waals surface area contributed by atoms with Crippen LogP contribution in [0.2, 0.25) is 0 Å². The van der Waals surface area contributed by atoms with E-state index in [0.29, 0.717) is 0 Å². The van der Waals surface area contributed by atoms with Gasteiger partial charge in [0.15, 0.2) is 0 Å². The molecule has 1 unspecified atom stereocenters. The van der Waals surface area contributed by atoms with Gasteiger partial charge in [-0.2, -0.15) is 21.6 Å². The molecule has 0 saturated heterocycles. The van der Waals surface area contributed by atoms with Crippen LogP contribution in [-0.4, -0.2) is 43.1 Å². The number of benzene rings is 2. The molecule has 0 aliphatic carbocycles. The molecule has 0 bridgehead atoms. The SMILES string of the molecule is O=C(Nc1ccc(C(=O)OC(CS(=O)(=O)O)C(F)(F)F)cc1Br)OCc1ccccc1. The molecule has 13 heteroatoms. The molecule has 2 rings (SSSR count). The number of hydrogen-bond acceptors (Lipinski definition) is 6. The van der Waals surface area contributed by atoms with Gasteiger partial charge in [-0.15, -0.1) is 0 Å². The predicted octanol–water partition coefficient (Wildman–Crippen LogP) is 4.17. The zero-order chi connectivity index (χ0) is 23.2. The Bertz CT molecular complexity index is 1050. The smallest absolute Gasteiger partial charge is 0.426 e. The van der Waals surface area contributed by atoms with Crippen molar-refractivity contribution in [2.75, 3.05) is 11.1 Å². The van der Waals surface area contributed by atoms with Crippen LogP contribution in [0.3, 0.4) is 0 Å². The number of nitrogens with one attached hydrogen (secondary N) is 1. The predicted molar refractivity (Wildman–Crippen MR) is 106 cm³/mol. The summed E-state index contributed by atoms with van der Waals surface area (Å²) in [5, 5.41) is 2.39. The summed E-state index contributed by atoms with van der Waals surface area (Å²) in [4.78, 5) is 23.9. The third kappa shape index (κ3) is 8.19. The molecule has 2 aromatic carbocycles. The number of esters is 1. The molecule has 168 valence electrons. The van der Waals surface area contributed by atoms with E-state index in [4.69, 9.17) is 9.29 Å². The maximum absolute atomic E-state index is 12.9. The van der Waals surface area contributed by atoms with Crippen molar-refractivity contribution in [3.05, 3.63) is 64.1 Å². The summed E-state index contributed by atoms with van der Waals surface area (Å²) in [6.45, 7) is 0.00129. The zero-order valence-corrected chi connectivity index (χ0v) is 17.8. The quantitative estimate of drug-likeness (QED) is 0.411. The number of ether oxygens (including phenoxy) is 2. The van der Waals surface area contributed by atoms with E-state index < -0.39 is 40.2 Å². The van der Waals surface area contributed by atoms with E-state index in [-0.39, 0.29) is 22.3 Å². The molecule has 0 aliphatic heterocycles. The van der Waals surface area contributed by atoms with E-state index in [1.54, 1.807) is 30.3 Å². The van der Waals surface area contributed by atoms with E-state index in [2.05, 4.69) is 26.0 Å². The van der Waals surface area contributed by atoms with Gasteiger partial charge in [0.2, 0.25) is 6.10 Å². The monoisotopic (exact) mass is 525 g/mol. The summed E-state index contributed by atoms with van der Waals surface area (Å²) in [7, 11) is -5.06. The Labute approximate surface area is 183 Å². The Hall–Kier alpha value is -2.64. The number of amides is 1. The standard InChI is InChI=1S/C18H15BrF3NO7S/c19-13-8-12(16(24)30-15(18(20,21)22)10-31(26,27)28)6-7-14(13)23-17(25)29-9-11-4-2-1-3-5-11/h1-8,15H,9-10H2,(H,23,25)(H,26,27,28). The second-order valence-corrected chi connectivity index (χ2v) is 8.42. The van der Waals surface area contributed by atoms with E-state index in [9.17, 15) is 31.2 Å². The van der Waals surface area contributed by atoms with Crippen molar-refractivity contribution in [3.8, 4) is 0 Å². The van der Waals surface area contributed by atoms with Gasteiger partial charge in [0, 0.05) is 4.47 Å². The Balaban J connectivity index is 2.03. The highest BCUT2D eigenvalue weighted by Gasteiger charge is 2.45. The first-order valence-corrected chi connectivity index (χ1v) is 10.8. The molecule has 0 spiro atoms. The maximum Gasteiger partial charge on any atom is 0.426 e. The molecule has 8 nitrogen and oxygen atoms in total. The minimum atomic E-state index is -5.22. The number of carbonyl (C=O) groups is 2. The number of alkyl halides is 3. The number of anilines is 1. The molecule has 0 saturated carbocycles. The Morgan fingerprint density at radius 3 is 2.32 bits per heavy atom. The third-order valence-corrected chi connectivity index (χ3v) is 5.01. The van der Waals surface area contributed by atoms with Crippen molar-refractivity contribution >= 4 is 43.8 Å². The van der Waals surface area contributed by atoms with Gasteiger partial charge in [-0.3, -0.25) is 9.87 Å². The summed E-state index contributed by atoms with van der Waals surface area (Å²) < 4.78 is 78.2. The second kappa shape index (κ2) is 10.1. The minimum absolute atomic E-state index is 0.00129. The van der Waals surface area contributed by atoms with Crippen molar-refractivity contribution in [3.63, 3.8) is 0 Å². The molecule has 0 aliphatic rings. The molecular weight excluding hydrogens is 511 g/mol. The molecule has 0 aromatic heterocycles. The lowest BCUT2D eigenvalue weighted by Gasteiger charge is -2.19. The van der Waals surface area contributed by atoms with Gasteiger partial charge in [-0.05, 0) is 39.7 Å². The summed E-state index contributed by atoms with van der Waals surface area (Å²) in [5.41, 5.74) is 0.540. The molecule has 2 aromatic rings. The van der Waals surface area contributed by atoms with Gasteiger partial charge in [-0.1, -0.05) is 30.3 Å². The lowest BCUT2D eigenvalue weighted by molar-refractivity contribution is -0.197. The van der Waals surface area contributed by atoms with Crippen LogP contribution >= 0.6 is 15.9 Å². The highest BCUT2D eigenvalue weighted by molar-refractivity contribution is 9.10. The summed E-state index contributed by atoms with van der Waals surface area (Å²) in [6.07, 6.45) is -9.09. The van der Waals surface area contributed by atoms with Crippen molar-refractivity contribution in [2.45, 2.75) is 18.9 Å². The normalized spacial score (nSPS) is 12.7. The third-order valence-electron chi connectivity index (χ3n) is 3.63. The number of hydrogen-bond donors (Lipinski definition) is 2. The topological polar surface area (TPSA) is 119 Å². The van der Waals surface area contributed by atoms with Crippen molar-refractivity contribution in [1.82, 2.24) is 0 Å². The Kier molecular flexibility index (Phi) is 8.03. The zero-order valence-electron chi connectivity index (χ0n) is 15.4. The van der Waals surface area contributed by atoms with Gasteiger partial charge in [0.1, 0.15) is 12.4 Å². The van der Waals surface area contributed by atoms with Gasteiger partial charge >= 0.3 is 18.2 Å². The second-order valence-electron chi connectivity index (χ2n) is 6.07. The van der Waals surface area contributed by atoms with Crippen molar-refractivity contribution in [1.29, 1.82) is 0 Å². The number of rotatable bonds is 7. The molecule has 1 atom stereocenters. The fraction of sp³-hybridized carbons (Fsp3) is 0.222. The van der Waals surface area contributed by atoms with E-state index in [1.807, 2.05) is 0 Å². The van der Waals surface area contributed by atoms with Crippen LogP contribution in [0, 0.1) is 0 Å². The van der Waals surface area contributed by atoms with Crippen LogP contribution in [0.5, 0.6) is 0 Å². The van der Waals surface area contributed by atoms with Crippen LogP contribution in [0.4, 0.5) is 23.7 Å². The summed E-state index contributed by atoms with van der Waals surface area (Å²) in [5.74, 6) is -3.32. The van der Waals surface area contributed by atoms with Crippen LogP contribution in [0.1, 0.15) is 15.9 Å². The largest absolute Gasteiger partial charge is 0.448 e. The average Bonchev–Trinajstić information content (AvgIpc) is 2.66. The van der Waals surface area contributed by atoms with Gasteiger partial charge in [-0.25, -0.2) is 9.59 Å². The molecule has 0 heterocycles. The van der Waals surface area contributed by atoms with Crippen LogP contribution < -0.4 is 5.32 Å². The lowest BCUT2D eigenvalue weighted by Crippen LogP contribution is -2.39. The fourth-order valence-electron chi connectivity index (χ4n) is 2.20. The summed E-state index contributed by atoms with van der Waals surface area (Å²) >= 11 is 3.06. The van der Waals surface area contributed by atoms with Crippen LogP contribution in [-0.2, 0) is 26.2 Å². The highest BCUT2D eigenvalue weighted by Crippen LogP contribution is 2.27. The van der Waals surface area contributed by atoms with Crippen LogP contribution in [0.25, 0.3) is 0 Å². The molecule has 31 heavy (non-hydrogen) atoms. The molecule has 2 N–H and O–H groups in total. The van der Waals surface area contributed by atoms with E-state index >= 15 is 0 Å². The van der Waals surface area contributed by atoms with Gasteiger partial charge in [0.05, 0.1) is 11.3 Å². The summed E-state index contributed by atoms with van der Waals surface area (Å²) in [6, 6.07) is 12.2. The number of halogens is 4. The molecule has 1 amide bonds. The van der Waals surface area contributed by atoms with Crippen LogP contribution in [0.15, 0.2) is 53.0 Å². The first-order valence-electron chi connectivity index (χ1n) is 8.35. The lowest BCUT2D eigenvalue weighted by atomic mass is 10.2. The first kappa shape index (κ1) is 24.6. The van der Waals surface area contributed by atoms with Gasteiger partial charge in [0.25, 0.3) is 10.1 Å². The fourth-order valence-corrected chi connectivity index (χ4v) is 3.31. The molecule has 0 radical (unpaired) electrons. The first-order chi connectivity index (χ1) is 14.3. The average molecular weight is 526 g/mol. The van der Waals surface area contributed by atoms with Gasteiger partial charge < -0.3 is 9.47 Å². The molecular formula is C18H15BrF3NO7S. The van der Waals surface area contributed by atoms with Crippen molar-refractivity contribution < 1.29 is 45.2 Å². The minimum Gasteiger partial charge on any atom is -0.448 e. The maximum atomic E-state index is 12.9. The van der Waals surface area contributed by atoms with Crippen molar-refractivity contribution in [2.24, 2.45) is 0 Å². The highest BCUT2D eigenvalue weighted by atomic mass is 79.9. The Morgan fingerprint density at radius 1 is 1.13 bits per heavy atom. The van der Waals surface area contributed by atoms with E-state index in [0.717, 1.165) is 17.7 Å².